The third-order valence-electron chi connectivity index (χ3n) is 1.76. The topological polar surface area (TPSA) is 115 Å². The molecule has 0 aliphatic rings. The van der Waals surface area contributed by atoms with Crippen LogP contribution in [0, 0.1) is 0 Å². The highest BCUT2D eigenvalue weighted by molar-refractivity contribution is 5.94. The van der Waals surface area contributed by atoms with Crippen LogP contribution in [0.15, 0.2) is 12.5 Å². The number of amides is 1. The second-order valence-electron chi connectivity index (χ2n) is 2.84. The first-order chi connectivity index (χ1) is 7.15. The van der Waals surface area contributed by atoms with Crippen molar-refractivity contribution in [3.05, 3.63) is 18.2 Å². The van der Waals surface area contributed by atoms with E-state index in [1.165, 1.54) is 12.5 Å². The van der Waals surface area contributed by atoms with Crippen molar-refractivity contribution in [2.45, 2.75) is 12.5 Å². The zero-order valence-corrected chi connectivity index (χ0v) is 7.80. The van der Waals surface area contributed by atoms with E-state index in [0.717, 1.165) is 0 Å². The summed E-state index contributed by atoms with van der Waals surface area (Å²) < 4.78 is 0. The number of H-pyrrole nitrogens is 1. The Morgan fingerprint density at radius 3 is 2.80 bits per heavy atom. The number of carboxylic acids is 1. The van der Waals surface area contributed by atoms with Gasteiger partial charge in [-0.1, -0.05) is 0 Å². The normalized spacial score (nSPS) is 12.1. The minimum atomic E-state index is -1.18. The number of aliphatic hydroxyl groups is 1. The Bertz CT molecular complexity index is 336. The SMILES string of the molecule is O=C(NC(CCO)C(=O)O)c1cnc[nH]1. The Morgan fingerprint density at radius 2 is 2.33 bits per heavy atom. The van der Waals surface area contributed by atoms with Crippen molar-refractivity contribution in [2.75, 3.05) is 6.61 Å². The number of imidazole rings is 1. The van der Waals surface area contributed by atoms with Gasteiger partial charge in [-0.25, -0.2) is 9.78 Å². The number of carbonyl (C=O) groups is 2. The van der Waals surface area contributed by atoms with Gasteiger partial charge in [0, 0.05) is 13.0 Å². The Hall–Kier alpha value is -1.89. The fourth-order valence-corrected chi connectivity index (χ4v) is 1.00. The molecule has 0 saturated carbocycles. The minimum absolute atomic E-state index is 0.0325. The van der Waals surface area contributed by atoms with Crippen LogP contribution in [-0.2, 0) is 4.79 Å². The summed E-state index contributed by atoms with van der Waals surface area (Å²) in [7, 11) is 0. The lowest BCUT2D eigenvalue weighted by Gasteiger charge is -2.11. The Labute approximate surface area is 85.1 Å². The van der Waals surface area contributed by atoms with E-state index < -0.39 is 17.9 Å². The number of nitrogens with one attached hydrogen (secondary N) is 2. The summed E-state index contributed by atoms with van der Waals surface area (Å²) in [5.74, 6) is -1.75. The summed E-state index contributed by atoms with van der Waals surface area (Å²) in [5, 5.41) is 19.5. The monoisotopic (exact) mass is 213 g/mol. The predicted molar refractivity (Wildman–Crippen MR) is 49.2 cm³/mol. The highest BCUT2D eigenvalue weighted by Gasteiger charge is 2.20. The molecular formula is C8H11N3O4. The molecule has 7 nitrogen and oxygen atoms in total. The zero-order chi connectivity index (χ0) is 11.3. The second-order valence-corrected chi connectivity index (χ2v) is 2.84. The highest BCUT2D eigenvalue weighted by atomic mass is 16.4. The van der Waals surface area contributed by atoms with Crippen LogP contribution in [0.4, 0.5) is 0 Å². The molecule has 1 amide bonds. The van der Waals surface area contributed by atoms with Gasteiger partial charge in [0.05, 0.1) is 12.5 Å². The molecule has 0 aliphatic heterocycles. The lowest BCUT2D eigenvalue weighted by Crippen LogP contribution is -2.41. The molecule has 1 heterocycles. The van der Waals surface area contributed by atoms with Gasteiger partial charge >= 0.3 is 5.97 Å². The zero-order valence-electron chi connectivity index (χ0n) is 7.80. The predicted octanol–water partition coefficient (Wildman–Crippen LogP) is -1.02. The number of nitrogens with zero attached hydrogens (tertiary/aromatic N) is 1. The lowest BCUT2D eigenvalue weighted by atomic mass is 10.2. The van der Waals surface area contributed by atoms with Gasteiger partial charge in [-0.3, -0.25) is 4.79 Å². The summed E-state index contributed by atoms with van der Waals surface area (Å²) in [6.07, 6.45) is 2.57. The Kier molecular flexibility index (Phi) is 3.81. The van der Waals surface area contributed by atoms with Gasteiger partial charge in [0.1, 0.15) is 11.7 Å². The molecule has 15 heavy (non-hydrogen) atoms. The summed E-state index contributed by atoms with van der Waals surface area (Å²) in [6, 6.07) is -1.09. The molecule has 1 rings (SSSR count). The third kappa shape index (κ3) is 3.06. The second kappa shape index (κ2) is 5.11. The van der Waals surface area contributed by atoms with Gasteiger partial charge in [0.15, 0.2) is 0 Å². The third-order valence-corrected chi connectivity index (χ3v) is 1.76. The summed E-state index contributed by atoms with van der Waals surface area (Å²) >= 11 is 0. The van der Waals surface area contributed by atoms with Crippen molar-refractivity contribution in [2.24, 2.45) is 0 Å². The van der Waals surface area contributed by atoms with Gasteiger partial charge in [0.2, 0.25) is 0 Å². The van der Waals surface area contributed by atoms with Gasteiger partial charge in [-0.2, -0.15) is 0 Å². The first-order valence-electron chi connectivity index (χ1n) is 4.28. The van der Waals surface area contributed by atoms with Gasteiger partial charge in [-0.15, -0.1) is 0 Å². The van der Waals surface area contributed by atoms with E-state index in [0.29, 0.717) is 0 Å². The fraction of sp³-hybridized carbons (Fsp3) is 0.375. The number of aliphatic carboxylic acids is 1. The molecule has 0 aliphatic carbocycles. The number of aliphatic hydroxyl groups excluding tert-OH is 1. The van der Waals surface area contributed by atoms with E-state index in [2.05, 4.69) is 15.3 Å². The molecule has 1 aromatic rings. The van der Waals surface area contributed by atoms with E-state index in [1.807, 2.05) is 0 Å². The van der Waals surface area contributed by atoms with Crippen LogP contribution < -0.4 is 5.32 Å². The number of rotatable bonds is 5. The summed E-state index contributed by atoms with van der Waals surface area (Å²) in [6.45, 7) is -0.305. The van der Waals surface area contributed by atoms with Crippen molar-refractivity contribution in [1.82, 2.24) is 15.3 Å². The number of carboxylic acid groups (broad SMARTS) is 1. The van der Waals surface area contributed by atoms with E-state index in [4.69, 9.17) is 10.2 Å². The first-order valence-corrected chi connectivity index (χ1v) is 4.28. The molecule has 0 fully saturated rings. The number of aromatic nitrogens is 2. The molecule has 0 radical (unpaired) electrons. The molecule has 0 bridgehead atoms. The maximum atomic E-state index is 11.4. The van der Waals surface area contributed by atoms with E-state index in [1.54, 1.807) is 0 Å². The Balaban J connectivity index is 2.59. The summed E-state index contributed by atoms with van der Waals surface area (Å²) in [5.41, 5.74) is 0.180. The first kappa shape index (κ1) is 11.2. The van der Waals surface area contributed by atoms with Gasteiger partial charge in [-0.05, 0) is 0 Å². The Morgan fingerprint density at radius 1 is 1.60 bits per heavy atom. The number of hydrogen-bond acceptors (Lipinski definition) is 4. The van der Waals surface area contributed by atoms with Crippen molar-refractivity contribution < 1.29 is 19.8 Å². The number of carbonyl (C=O) groups excluding carboxylic acids is 1. The number of aromatic amines is 1. The van der Waals surface area contributed by atoms with Gasteiger partial charge in [0.25, 0.3) is 5.91 Å². The van der Waals surface area contributed by atoms with Crippen LogP contribution in [0.5, 0.6) is 0 Å². The molecule has 7 heteroatoms. The van der Waals surface area contributed by atoms with Crippen LogP contribution in [0.25, 0.3) is 0 Å². The quantitative estimate of drug-likeness (QED) is 0.499. The van der Waals surface area contributed by atoms with E-state index in [9.17, 15) is 9.59 Å². The number of hydrogen-bond donors (Lipinski definition) is 4. The maximum absolute atomic E-state index is 11.4. The average Bonchev–Trinajstić information content (AvgIpc) is 2.69. The molecule has 1 unspecified atom stereocenters. The molecular weight excluding hydrogens is 202 g/mol. The fourth-order valence-electron chi connectivity index (χ4n) is 1.00. The van der Waals surface area contributed by atoms with Crippen LogP contribution in [0.1, 0.15) is 16.9 Å². The largest absolute Gasteiger partial charge is 0.480 e. The average molecular weight is 213 g/mol. The summed E-state index contributed by atoms with van der Waals surface area (Å²) in [4.78, 5) is 28.2. The minimum Gasteiger partial charge on any atom is -0.480 e. The molecule has 0 aromatic carbocycles. The lowest BCUT2D eigenvalue weighted by molar-refractivity contribution is -0.139. The maximum Gasteiger partial charge on any atom is 0.326 e. The molecule has 1 atom stereocenters. The molecule has 0 saturated heterocycles. The van der Waals surface area contributed by atoms with Crippen LogP contribution in [-0.4, -0.2) is 44.7 Å². The van der Waals surface area contributed by atoms with Crippen LogP contribution in [0.3, 0.4) is 0 Å². The highest BCUT2D eigenvalue weighted by Crippen LogP contribution is 1.96. The van der Waals surface area contributed by atoms with Gasteiger partial charge < -0.3 is 20.5 Å². The van der Waals surface area contributed by atoms with E-state index in [-0.39, 0.29) is 18.7 Å². The van der Waals surface area contributed by atoms with Crippen molar-refractivity contribution in [1.29, 1.82) is 0 Å². The molecule has 0 spiro atoms. The smallest absolute Gasteiger partial charge is 0.326 e. The molecule has 4 N–H and O–H groups in total. The van der Waals surface area contributed by atoms with Crippen molar-refractivity contribution in [3.8, 4) is 0 Å². The van der Waals surface area contributed by atoms with Crippen LogP contribution >= 0.6 is 0 Å². The van der Waals surface area contributed by atoms with Crippen molar-refractivity contribution in [3.63, 3.8) is 0 Å². The molecule has 82 valence electrons. The van der Waals surface area contributed by atoms with E-state index >= 15 is 0 Å². The van der Waals surface area contributed by atoms with Crippen LogP contribution in [0.2, 0.25) is 0 Å². The standard InChI is InChI=1S/C8H11N3O4/c12-2-1-5(8(14)15)11-7(13)6-3-9-4-10-6/h3-5,12H,1-2H2,(H,9,10)(H,11,13)(H,14,15). The molecule has 1 aromatic heterocycles. The van der Waals surface area contributed by atoms with Crippen molar-refractivity contribution >= 4 is 11.9 Å².